The van der Waals surface area contributed by atoms with Crippen LogP contribution >= 0.6 is 0 Å². The van der Waals surface area contributed by atoms with Crippen molar-refractivity contribution in [2.24, 2.45) is 52.3 Å². The molecule has 284 valence electrons. The minimum atomic E-state index is -0.549. The Morgan fingerprint density at radius 1 is 0.863 bits per heavy atom. The van der Waals surface area contributed by atoms with E-state index in [1.165, 1.54) is 37.7 Å². The third-order valence-electron chi connectivity index (χ3n) is 13.5. The molecule has 8 rings (SSSR count). The number of ether oxygens (including phenoxy) is 4. The van der Waals surface area contributed by atoms with Crippen LogP contribution in [0.1, 0.15) is 132 Å². The van der Waals surface area contributed by atoms with E-state index in [1.54, 1.807) is 12.1 Å². The number of hydrogen-bond acceptors (Lipinski definition) is 9. The van der Waals surface area contributed by atoms with Crippen LogP contribution in [0.5, 0.6) is 5.75 Å². The summed E-state index contributed by atoms with van der Waals surface area (Å²) >= 11 is 0. The molecule has 0 radical (unpaired) electrons. The van der Waals surface area contributed by atoms with E-state index in [-0.39, 0.29) is 54.2 Å². The lowest BCUT2D eigenvalue weighted by molar-refractivity contribution is -0.208. The summed E-state index contributed by atoms with van der Waals surface area (Å²) < 4.78 is 22.1. The molecule has 5 unspecified atom stereocenters. The van der Waals surface area contributed by atoms with E-state index in [1.807, 2.05) is 53.7 Å². The standard InChI is InChI=1S/C19H30O4.C14H20O4.C9H12O/c1-5-18(2,3)17(21)22-11-16(20)23-19(4)14-7-12-6-13(9-14)10-15(19)8-12;1-4-14(2,3)13(16)18-10-7-5-8-9(6-7)12(15)17-11(8)10;1-7(2)8-3-5-9(10)6-4-8/h12-15H,5-11H2,1-4H3;7-11H,4-6H2,1-3H3;3-7,10H,1-2H3. The Kier molecular flexibility index (Phi) is 11.6. The summed E-state index contributed by atoms with van der Waals surface area (Å²) in [5.74, 6) is 3.28. The predicted octanol–water partition coefficient (Wildman–Crippen LogP) is 8.16. The molecule has 1 aliphatic heterocycles. The van der Waals surface area contributed by atoms with Gasteiger partial charge < -0.3 is 24.1 Å². The summed E-state index contributed by atoms with van der Waals surface area (Å²) in [6.07, 6.45) is 9.04. The van der Waals surface area contributed by atoms with Gasteiger partial charge in [0.2, 0.25) is 0 Å². The molecule has 1 saturated heterocycles. The van der Waals surface area contributed by atoms with Crippen molar-refractivity contribution in [2.75, 3.05) is 6.61 Å². The van der Waals surface area contributed by atoms with Gasteiger partial charge in [0.15, 0.2) is 6.61 Å². The molecule has 0 amide bonds. The fourth-order valence-corrected chi connectivity index (χ4v) is 9.38. The molecule has 5 atom stereocenters. The number of carbonyl (C=O) groups is 4. The van der Waals surface area contributed by atoms with E-state index < -0.39 is 10.8 Å². The summed E-state index contributed by atoms with van der Waals surface area (Å²) in [4.78, 5) is 48.0. The molecule has 1 aromatic carbocycles. The fraction of sp³-hybridized carbons (Fsp3) is 0.762. The predicted molar refractivity (Wildman–Crippen MR) is 192 cm³/mol. The zero-order valence-electron chi connectivity index (χ0n) is 32.4. The first-order valence-electron chi connectivity index (χ1n) is 19.5. The monoisotopic (exact) mass is 710 g/mol. The van der Waals surface area contributed by atoms with Crippen LogP contribution in [0.15, 0.2) is 24.3 Å². The van der Waals surface area contributed by atoms with Gasteiger partial charge >= 0.3 is 23.9 Å². The number of hydrogen-bond donors (Lipinski definition) is 1. The minimum absolute atomic E-state index is 0.0779. The Bertz CT molecular complexity index is 1400. The highest BCUT2D eigenvalue weighted by atomic mass is 16.6. The van der Waals surface area contributed by atoms with Gasteiger partial charge in [0.1, 0.15) is 23.6 Å². The second-order valence-corrected chi connectivity index (χ2v) is 18.0. The molecule has 9 heteroatoms. The van der Waals surface area contributed by atoms with Crippen molar-refractivity contribution in [2.45, 2.75) is 144 Å². The van der Waals surface area contributed by atoms with Crippen molar-refractivity contribution < 1.29 is 43.2 Å². The van der Waals surface area contributed by atoms with Crippen LogP contribution in [0.25, 0.3) is 0 Å². The first-order chi connectivity index (χ1) is 23.9. The number of phenolic OH excluding ortho intramolecular Hbond substituents is 1. The maximum Gasteiger partial charge on any atom is 0.344 e. The average molecular weight is 711 g/mol. The normalized spacial score (nSPS) is 33.8. The first-order valence-corrected chi connectivity index (χ1v) is 19.5. The van der Waals surface area contributed by atoms with E-state index in [9.17, 15) is 19.2 Å². The molecule has 6 aliphatic carbocycles. The van der Waals surface area contributed by atoms with Crippen LogP contribution in [-0.2, 0) is 38.1 Å². The molecular weight excluding hydrogens is 648 g/mol. The van der Waals surface area contributed by atoms with E-state index in [0.29, 0.717) is 41.8 Å². The lowest BCUT2D eigenvalue weighted by Crippen LogP contribution is -2.58. The molecule has 1 N–H and O–H groups in total. The number of fused-ring (bicyclic) bond motifs is 1. The SMILES string of the molecule is CC(C)c1ccc(O)cc1.CCC(C)(C)C(=O)OC1C2CC3C(=O)OC1C3C2.CCC(C)(C)C(=O)OCC(=O)OC1(C)C2CC3CC(C2)CC1C3. The quantitative estimate of drug-likeness (QED) is 0.200. The first kappa shape index (κ1) is 39.1. The van der Waals surface area contributed by atoms with E-state index in [2.05, 4.69) is 20.8 Å². The van der Waals surface area contributed by atoms with E-state index in [4.69, 9.17) is 24.1 Å². The Hall–Kier alpha value is -3.10. The van der Waals surface area contributed by atoms with Gasteiger partial charge in [-0.05, 0) is 140 Å². The van der Waals surface area contributed by atoms with Crippen molar-refractivity contribution >= 4 is 23.9 Å². The van der Waals surface area contributed by atoms with Gasteiger partial charge in [-0.15, -0.1) is 0 Å². The van der Waals surface area contributed by atoms with Crippen molar-refractivity contribution in [3.05, 3.63) is 29.8 Å². The van der Waals surface area contributed by atoms with Crippen LogP contribution in [0.3, 0.4) is 0 Å². The average Bonchev–Trinajstić information content (AvgIpc) is 3.72. The van der Waals surface area contributed by atoms with Crippen LogP contribution in [0.2, 0.25) is 0 Å². The molecule has 0 aromatic heterocycles. The van der Waals surface area contributed by atoms with Crippen molar-refractivity contribution in [3.63, 3.8) is 0 Å². The lowest BCUT2D eigenvalue weighted by atomic mass is 9.50. The Labute approximate surface area is 304 Å². The van der Waals surface area contributed by atoms with Gasteiger partial charge in [0, 0.05) is 11.8 Å². The second-order valence-electron chi connectivity index (χ2n) is 18.0. The van der Waals surface area contributed by atoms with E-state index >= 15 is 0 Å². The number of benzene rings is 1. The van der Waals surface area contributed by atoms with Crippen LogP contribution in [0.4, 0.5) is 0 Å². The lowest BCUT2D eigenvalue weighted by Gasteiger charge is -2.59. The smallest absolute Gasteiger partial charge is 0.344 e. The number of carbonyl (C=O) groups excluding carboxylic acids is 4. The third kappa shape index (κ3) is 8.27. The molecule has 1 heterocycles. The number of phenols is 1. The van der Waals surface area contributed by atoms with Crippen molar-refractivity contribution in [3.8, 4) is 5.75 Å². The summed E-state index contributed by atoms with van der Waals surface area (Å²) in [5.41, 5.74) is -0.0915. The number of esters is 4. The topological polar surface area (TPSA) is 125 Å². The molecule has 9 nitrogen and oxygen atoms in total. The molecule has 6 bridgehead atoms. The minimum Gasteiger partial charge on any atom is -0.508 e. The second kappa shape index (κ2) is 15.1. The van der Waals surface area contributed by atoms with Crippen LogP contribution in [0, 0.1) is 52.3 Å². The van der Waals surface area contributed by atoms with Gasteiger partial charge in [-0.2, -0.15) is 0 Å². The maximum atomic E-state index is 12.3. The highest BCUT2D eigenvalue weighted by Crippen LogP contribution is 2.59. The maximum absolute atomic E-state index is 12.3. The molecule has 51 heavy (non-hydrogen) atoms. The Morgan fingerprint density at radius 3 is 1.94 bits per heavy atom. The van der Waals surface area contributed by atoms with E-state index in [0.717, 1.165) is 31.1 Å². The van der Waals surface area contributed by atoms with Crippen LogP contribution in [-0.4, -0.2) is 53.4 Å². The summed E-state index contributed by atoms with van der Waals surface area (Å²) in [6, 6.07) is 7.32. The highest BCUT2D eigenvalue weighted by molar-refractivity contribution is 5.80. The molecule has 0 spiro atoms. The van der Waals surface area contributed by atoms with Gasteiger partial charge in [-0.1, -0.05) is 39.8 Å². The summed E-state index contributed by atoms with van der Waals surface area (Å²) in [6.45, 7) is 17.5. The number of rotatable bonds is 9. The zero-order chi connectivity index (χ0) is 37.5. The van der Waals surface area contributed by atoms with Crippen molar-refractivity contribution in [1.29, 1.82) is 0 Å². The summed E-state index contributed by atoms with van der Waals surface area (Å²) in [5, 5.41) is 8.94. The van der Waals surface area contributed by atoms with Crippen molar-refractivity contribution in [1.82, 2.24) is 0 Å². The van der Waals surface area contributed by atoms with Gasteiger partial charge in [-0.25, -0.2) is 4.79 Å². The van der Waals surface area contributed by atoms with Crippen LogP contribution < -0.4 is 0 Å². The van der Waals surface area contributed by atoms with Gasteiger partial charge in [0.05, 0.1) is 16.7 Å². The highest BCUT2D eigenvalue weighted by Gasteiger charge is 2.63. The molecule has 7 aliphatic rings. The molecule has 6 saturated carbocycles. The molecule has 7 fully saturated rings. The summed E-state index contributed by atoms with van der Waals surface area (Å²) in [7, 11) is 0. The molecular formula is C42H62O9. The fourth-order valence-electron chi connectivity index (χ4n) is 9.38. The van der Waals surface area contributed by atoms with Gasteiger partial charge in [-0.3, -0.25) is 14.4 Å². The Morgan fingerprint density at radius 2 is 1.41 bits per heavy atom. The molecule has 1 aromatic rings. The third-order valence-corrected chi connectivity index (χ3v) is 13.5. The number of aromatic hydroxyl groups is 1. The largest absolute Gasteiger partial charge is 0.508 e. The zero-order valence-corrected chi connectivity index (χ0v) is 32.4. The Balaban J connectivity index is 0.000000160. The van der Waals surface area contributed by atoms with Gasteiger partial charge in [0.25, 0.3) is 0 Å².